The highest BCUT2D eigenvalue weighted by Gasteiger charge is 2.30. The van der Waals surface area contributed by atoms with E-state index in [4.69, 9.17) is 22.8 Å². The summed E-state index contributed by atoms with van der Waals surface area (Å²) in [6, 6.07) is 0. The molecule has 3 rings (SSSR count). The van der Waals surface area contributed by atoms with Gasteiger partial charge in [-0.3, -0.25) is 14.3 Å². The average Bonchev–Trinajstić information content (AvgIpc) is 3.44. The lowest BCUT2D eigenvalue weighted by molar-refractivity contribution is -0.123. The number of nitrogens with zero attached hydrogens (tertiary/aromatic N) is 3. The molecule has 0 saturated carbocycles. The molecule has 1 saturated heterocycles. The lowest BCUT2D eigenvalue weighted by atomic mass is 9.95. The number of aliphatic hydroxyl groups is 2. The SMILES string of the molecule is CC(C)C=O.CO.OCCCP.[B]C(=O)C1CCC(n2cnc3c(=O)[nH]c(NC)nc32)O1. The maximum atomic E-state index is 11.8. The Morgan fingerprint density at radius 1 is 1.47 bits per heavy atom. The number of ether oxygens (including phenoxy) is 1. The van der Waals surface area contributed by atoms with Crippen LogP contribution < -0.4 is 10.9 Å². The molecule has 11 nitrogen and oxygen atoms in total. The fraction of sp³-hybridized carbons (Fsp3) is 0.632. The van der Waals surface area contributed by atoms with Gasteiger partial charge in [-0.2, -0.15) is 4.98 Å². The lowest BCUT2D eigenvalue weighted by Crippen LogP contribution is -2.20. The fourth-order valence-electron chi connectivity index (χ4n) is 2.38. The normalized spacial score (nSPS) is 16.8. The lowest BCUT2D eigenvalue weighted by Gasteiger charge is -2.14. The standard InChI is InChI=1S/C11H12BN5O3.C4H8O.C3H9OP.CH4O/c1-13-11-15-9-7(10(19)16-11)14-4-17(9)6-3-2-5(20-6)8(12)18;1-4(2)3-5;4-2-1-3-5;1-2/h4-6H,2-3H2,1H3,(H2,13,15,16,19);3-4H,1-2H3;4H,1-3,5H2;2H,1H3. The third-order valence-corrected chi connectivity index (χ3v) is 4.34. The Morgan fingerprint density at radius 3 is 2.50 bits per heavy atom. The van der Waals surface area contributed by atoms with Crippen LogP contribution >= 0.6 is 9.24 Å². The van der Waals surface area contributed by atoms with Crippen LogP contribution in [0.15, 0.2) is 11.1 Å². The molecule has 32 heavy (non-hydrogen) atoms. The second kappa shape index (κ2) is 16.5. The highest BCUT2D eigenvalue weighted by Crippen LogP contribution is 2.30. The van der Waals surface area contributed by atoms with Crippen molar-refractivity contribution in [1.29, 1.82) is 0 Å². The molecular weight excluding hydrogens is 436 g/mol. The summed E-state index contributed by atoms with van der Waals surface area (Å²) in [5, 5.41) is 17.8. The maximum absolute atomic E-state index is 11.8. The monoisotopic (exact) mass is 469 g/mol. The minimum Gasteiger partial charge on any atom is -0.400 e. The molecule has 1 fully saturated rings. The number of carbonyl (C=O) groups is 2. The summed E-state index contributed by atoms with van der Waals surface area (Å²) in [6.07, 6.45) is 4.48. The van der Waals surface area contributed by atoms with Gasteiger partial charge in [-0.15, -0.1) is 9.24 Å². The van der Waals surface area contributed by atoms with E-state index >= 15 is 0 Å². The molecule has 2 aromatic rings. The zero-order valence-corrected chi connectivity index (χ0v) is 20.1. The molecule has 4 N–H and O–H groups in total. The van der Waals surface area contributed by atoms with Gasteiger partial charge in [0.05, 0.1) is 6.33 Å². The summed E-state index contributed by atoms with van der Waals surface area (Å²) in [5.41, 5.74) is -0.176. The molecule has 3 heterocycles. The van der Waals surface area contributed by atoms with Crippen molar-refractivity contribution in [3.63, 3.8) is 0 Å². The minimum atomic E-state index is -0.608. The van der Waals surface area contributed by atoms with Gasteiger partial charge in [0, 0.05) is 26.7 Å². The van der Waals surface area contributed by atoms with Crippen molar-refractivity contribution >= 4 is 46.2 Å². The van der Waals surface area contributed by atoms with E-state index in [1.54, 1.807) is 11.6 Å². The highest BCUT2D eigenvalue weighted by molar-refractivity contribution is 7.16. The molecule has 1 aliphatic rings. The van der Waals surface area contributed by atoms with Crippen molar-refractivity contribution in [3.8, 4) is 0 Å². The van der Waals surface area contributed by atoms with Crippen molar-refractivity contribution in [2.75, 3.05) is 32.2 Å². The number of imidazole rings is 1. The molecule has 3 unspecified atom stereocenters. The fourth-order valence-corrected chi connectivity index (χ4v) is 2.56. The predicted octanol–water partition coefficient (Wildman–Crippen LogP) is 0.228. The predicted molar refractivity (Wildman–Crippen MR) is 127 cm³/mol. The van der Waals surface area contributed by atoms with Gasteiger partial charge >= 0.3 is 0 Å². The number of H-pyrrole nitrogens is 1. The van der Waals surface area contributed by atoms with Crippen LogP contribution in [-0.4, -0.2) is 82.6 Å². The van der Waals surface area contributed by atoms with Crippen LogP contribution in [0.4, 0.5) is 5.95 Å². The maximum Gasteiger partial charge on any atom is 0.280 e. The van der Waals surface area contributed by atoms with Gasteiger partial charge in [-0.05, 0) is 25.4 Å². The zero-order chi connectivity index (χ0) is 24.7. The van der Waals surface area contributed by atoms with E-state index in [1.807, 2.05) is 13.8 Å². The summed E-state index contributed by atoms with van der Waals surface area (Å²) in [4.78, 5) is 43.3. The first-order valence-electron chi connectivity index (χ1n) is 10.1. The third-order valence-electron chi connectivity index (χ3n) is 3.93. The molecule has 2 radical (unpaired) electrons. The number of aromatic nitrogens is 4. The van der Waals surface area contributed by atoms with Crippen LogP contribution in [0.25, 0.3) is 11.2 Å². The second-order valence-electron chi connectivity index (χ2n) is 6.79. The number of hydrogen-bond acceptors (Lipinski definition) is 9. The first kappa shape index (κ1) is 29.9. The zero-order valence-electron chi connectivity index (χ0n) is 18.9. The van der Waals surface area contributed by atoms with Crippen molar-refractivity contribution in [1.82, 2.24) is 19.5 Å². The molecule has 0 aromatic carbocycles. The molecule has 0 spiro atoms. The first-order valence-corrected chi connectivity index (χ1v) is 10.9. The van der Waals surface area contributed by atoms with Crippen molar-refractivity contribution in [3.05, 3.63) is 16.7 Å². The van der Waals surface area contributed by atoms with E-state index in [0.717, 1.165) is 26.0 Å². The molecule has 13 heteroatoms. The second-order valence-corrected chi connectivity index (χ2v) is 7.37. The quantitative estimate of drug-likeness (QED) is 0.264. The van der Waals surface area contributed by atoms with Gasteiger partial charge in [0.25, 0.3) is 5.56 Å². The molecule has 178 valence electrons. The van der Waals surface area contributed by atoms with E-state index in [2.05, 4.69) is 29.5 Å². The number of hydrogen-bond donors (Lipinski definition) is 4. The molecule has 0 amide bonds. The average molecular weight is 469 g/mol. The van der Waals surface area contributed by atoms with Crippen LogP contribution in [0.2, 0.25) is 0 Å². The Bertz CT molecular complexity index is 874. The van der Waals surface area contributed by atoms with Crippen LogP contribution in [0.3, 0.4) is 0 Å². The Hall–Kier alpha value is -2.14. The molecule has 3 atom stereocenters. The van der Waals surface area contributed by atoms with Crippen LogP contribution in [0, 0.1) is 5.92 Å². The number of rotatable bonds is 6. The van der Waals surface area contributed by atoms with Crippen molar-refractivity contribution in [2.45, 2.75) is 45.4 Å². The van der Waals surface area contributed by atoms with Gasteiger partial charge in [-0.25, -0.2) is 4.98 Å². The minimum absolute atomic E-state index is 0.204. The smallest absolute Gasteiger partial charge is 0.280 e. The summed E-state index contributed by atoms with van der Waals surface area (Å²) >= 11 is 0. The Kier molecular flexibility index (Phi) is 15.4. The molecule has 1 aliphatic heterocycles. The van der Waals surface area contributed by atoms with E-state index < -0.39 is 18.0 Å². The van der Waals surface area contributed by atoms with Gasteiger partial charge in [0.15, 0.2) is 19.0 Å². The first-order chi connectivity index (χ1) is 15.3. The number of carbonyl (C=O) groups excluding carboxylic acids is 2. The number of aldehydes is 1. The highest BCUT2D eigenvalue weighted by atomic mass is 31.0. The van der Waals surface area contributed by atoms with Crippen molar-refractivity contribution in [2.24, 2.45) is 5.92 Å². The Balaban J connectivity index is 0.000000671. The van der Waals surface area contributed by atoms with E-state index in [-0.39, 0.29) is 17.0 Å². The summed E-state index contributed by atoms with van der Waals surface area (Å²) in [5.74, 6) is 0.545. The molecule has 0 aliphatic carbocycles. The number of aromatic amines is 1. The number of aliphatic hydroxyl groups excluding tert-OH is 2. The molecule has 2 aromatic heterocycles. The Morgan fingerprint density at radius 2 is 2.09 bits per heavy atom. The summed E-state index contributed by atoms with van der Waals surface area (Å²) in [7, 11) is 10.4. The van der Waals surface area contributed by atoms with Crippen LogP contribution in [0.1, 0.15) is 39.3 Å². The Labute approximate surface area is 191 Å². The van der Waals surface area contributed by atoms with Gasteiger partial charge in [-0.1, -0.05) is 13.8 Å². The molecular formula is C19H33BN5O6P. The van der Waals surface area contributed by atoms with Gasteiger partial charge in [0.2, 0.25) is 5.95 Å². The number of anilines is 1. The van der Waals surface area contributed by atoms with Crippen molar-refractivity contribution < 1.29 is 24.5 Å². The van der Waals surface area contributed by atoms with Gasteiger partial charge in [0.1, 0.15) is 24.3 Å². The van der Waals surface area contributed by atoms with Gasteiger partial charge < -0.3 is 29.9 Å². The van der Waals surface area contributed by atoms with E-state index in [9.17, 15) is 14.4 Å². The summed E-state index contributed by atoms with van der Waals surface area (Å²) < 4.78 is 7.21. The number of nitrogens with one attached hydrogen (secondary N) is 2. The number of fused-ring (bicyclic) bond motifs is 1. The topological polar surface area (TPSA) is 159 Å². The largest absolute Gasteiger partial charge is 0.400 e. The summed E-state index contributed by atoms with van der Waals surface area (Å²) in [6.45, 7) is 4.03. The van der Waals surface area contributed by atoms with Crippen LogP contribution in [-0.2, 0) is 14.3 Å². The molecule has 0 bridgehead atoms. The third kappa shape index (κ3) is 9.56. The van der Waals surface area contributed by atoms with E-state index in [1.165, 1.54) is 6.33 Å². The van der Waals surface area contributed by atoms with Crippen LogP contribution in [0.5, 0.6) is 0 Å². The van der Waals surface area contributed by atoms with E-state index in [0.29, 0.717) is 31.0 Å².